The first-order valence-electron chi connectivity index (χ1n) is 11.7. The summed E-state index contributed by atoms with van der Waals surface area (Å²) < 4.78 is 226. The van der Waals surface area contributed by atoms with Crippen LogP contribution >= 0.6 is 0 Å². The second-order valence-corrected chi connectivity index (χ2v) is 9.40. The summed E-state index contributed by atoms with van der Waals surface area (Å²) in [5.74, 6) is -40.6. The van der Waals surface area contributed by atoms with Crippen LogP contribution in [0, 0.1) is 111 Å². The molecule has 0 saturated carbocycles. The van der Waals surface area contributed by atoms with Crippen LogP contribution in [0.25, 0.3) is 0 Å². The maximum atomic E-state index is 14.8. The van der Waals surface area contributed by atoms with E-state index in [0.29, 0.717) is 6.92 Å². The molecule has 2 atom stereocenters. The van der Waals surface area contributed by atoms with Crippen LogP contribution in [0.4, 0.5) is 70.2 Å². The zero-order valence-corrected chi connectivity index (χ0v) is 21.6. The Bertz CT molecular complexity index is 1900. The Morgan fingerprint density at radius 3 is 1.39 bits per heavy atom. The molecule has 0 amide bonds. The summed E-state index contributed by atoms with van der Waals surface area (Å²) >= 11 is 0. The molecule has 0 bridgehead atoms. The monoisotopic (exact) mass is 677 g/mol. The van der Waals surface area contributed by atoms with Crippen molar-refractivity contribution in [2.45, 2.75) is 19.0 Å². The SMILES string of the molecule is Cc1c(F)c(F)c(C(=N)C2C(C(=N)c3c(F)c(F)c(C(F)(F)F)c(F)c3F)=C2C(C#N)c2c(F)c(F)c(F)c(F)c2F)c(F)c1F. The minimum Gasteiger partial charge on any atom is -0.303 e. The zero-order chi connectivity index (χ0) is 35.1. The highest BCUT2D eigenvalue weighted by Crippen LogP contribution is 2.53. The lowest BCUT2D eigenvalue weighted by Gasteiger charge is -2.15. The molecule has 1 aliphatic carbocycles. The molecule has 3 aromatic rings. The topological polar surface area (TPSA) is 71.5 Å². The largest absolute Gasteiger partial charge is 0.422 e. The van der Waals surface area contributed by atoms with Gasteiger partial charge in [-0.2, -0.15) is 18.4 Å². The normalized spacial score (nSPS) is 15.3. The average molecular weight is 677 g/mol. The van der Waals surface area contributed by atoms with Gasteiger partial charge in [0, 0.05) is 5.56 Å². The Morgan fingerprint density at radius 2 is 1.00 bits per heavy atom. The van der Waals surface area contributed by atoms with Crippen molar-refractivity contribution in [3.63, 3.8) is 0 Å². The lowest BCUT2D eigenvalue weighted by Crippen LogP contribution is -2.20. The van der Waals surface area contributed by atoms with E-state index < -0.39 is 144 Å². The standard InChI is InChI=1S/C27H7F16N3/c1-3-12(28)16(32)9(17(33)13(3)29)25(45)7-5(4(2-44)6-14(30)22(38)24(40)23(39)15(6)31)8(7)26(46)10-18(34)20(36)11(27(41,42)43)21(37)19(10)35/h4,7,45-46H,1H3. The summed E-state index contributed by atoms with van der Waals surface area (Å²) in [6.45, 7) is 0.514. The molecule has 242 valence electrons. The molecule has 0 aliphatic heterocycles. The van der Waals surface area contributed by atoms with Gasteiger partial charge in [0.05, 0.1) is 46.0 Å². The lowest BCUT2D eigenvalue weighted by molar-refractivity contribution is -0.143. The molecule has 0 spiro atoms. The number of hydrogen-bond acceptors (Lipinski definition) is 3. The molecule has 0 saturated heterocycles. The summed E-state index contributed by atoms with van der Waals surface area (Å²) in [6, 6.07) is 0.944. The first kappa shape index (κ1) is 34.0. The zero-order valence-electron chi connectivity index (χ0n) is 21.6. The number of allylic oxidation sites excluding steroid dienone is 2. The third-order valence-electron chi connectivity index (χ3n) is 6.91. The van der Waals surface area contributed by atoms with Gasteiger partial charge < -0.3 is 5.41 Å². The van der Waals surface area contributed by atoms with Crippen LogP contribution in [0.2, 0.25) is 0 Å². The predicted molar refractivity (Wildman–Crippen MR) is 121 cm³/mol. The van der Waals surface area contributed by atoms with E-state index in [1.807, 2.05) is 0 Å². The molecular weight excluding hydrogens is 670 g/mol. The molecule has 19 heteroatoms. The molecule has 2 unspecified atom stereocenters. The number of hydrogen-bond donors (Lipinski definition) is 2. The molecule has 2 N–H and O–H groups in total. The van der Waals surface area contributed by atoms with Gasteiger partial charge in [0.25, 0.3) is 0 Å². The van der Waals surface area contributed by atoms with Crippen molar-refractivity contribution in [2.75, 3.05) is 0 Å². The maximum absolute atomic E-state index is 14.8. The molecule has 0 aromatic heterocycles. The highest BCUT2D eigenvalue weighted by molar-refractivity contribution is 6.23. The van der Waals surface area contributed by atoms with E-state index in [1.165, 1.54) is 0 Å². The van der Waals surface area contributed by atoms with E-state index in [1.54, 1.807) is 0 Å². The van der Waals surface area contributed by atoms with Crippen molar-refractivity contribution in [3.8, 4) is 6.07 Å². The number of nitrogens with zero attached hydrogens (tertiary/aromatic N) is 1. The molecule has 0 heterocycles. The number of benzene rings is 3. The van der Waals surface area contributed by atoms with Gasteiger partial charge in [0.1, 0.15) is 5.56 Å². The van der Waals surface area contributed by atoms with Crippen molar-refractivity contribution >= 4 is 11.4 Å². The van der Waals surface area contributed by atoms with Crippen molar-refractivity contribution in [2.24, 2.45) is 5.92 Å². The first-order chi connectivity index (χ1) is 21.1. The molecule has 3 nitrogen and oxygen atoms in total. The highest BCUT2D eigenvalue weighted by Gasteiger charge is 2.52. The molecule has 0 fully saturated rings. The Balaban J connectivity index is 2.05. The van der Waals surface area contributed by atoms with E-state index in [9.17, 15) is 75.5 Å². The second kappa shape index (κ2) is 11.2. The number of nitrogens with one attached hydrogen (secondary N) is 2. The van der Waals surface area contributed by atoms with Crippen LogP contribution in [-0.2, 0) is 6.18 Å². The molecule has 4 rings (SSSR count). The van der Waals surface area contributed by atoms with Gasteiger partial charge in [0.2, 0.25) is 5.82 Å². The maximum Gasteiger partial charge on any atom is 0.422 e. The fourth-order valence-corrected chi connectivity index (χ4v) is 4.67. The third kappa shape index (κ3) is 4.77. The van der Waals surface area contributed by atoms with Crippen LogP contribution in [0.5, 0.6) is 0 Å². The van der Waals surface area contributed by atoms with Crippen LogP contribution in [-0.4, -0.2) is 11.4 Å². The number of nitriles is 1. The Morgan fingerprint density at radius 1 is 0.609 bits per heavy atom. The summed E-state index contributed by atoms with van der Waals surface area (Å²) in [7, 11) is 0. The predicted octanol–water partition coefficient (Wildman–Crippen LogP) is 8.49. The van der Waals surface area contributed by atoms with Crippen LogP contribution in [0.3, 0.4) is 0 Å². The fraction of sp³-hybridized carbons (Fsp3) is 0.148. The quantitative estimate of drug-likeness (QED) is 0.117. The lowest BCUT2D eigenvalue weighted by atomic mass is 9.90. The summed E-state index contributed by atoms with van der Waals surface area (Å²) in [4.78, 5) is 0. The van der Waals surface area contributed by atoms with Crippen LogP contribution < -0.4 is 0 Å². The van der Waals surface area contributed by atoms with E-state index in [-0.39, 0.29) is 0 Å². The summed E-state index contributed by atoms with van der Waals surface area (Å²) in [5, 5.41) is 25.8. The minimum absolute atomic E-state index is 0.514. The van der Waals surface area contributed by atoms with E-state index in [2.05, 4.69) is 0 Å². The molecular formula is C27H7F16N3. The van der Waals surface area contributed by atoms with E-state index in [4.69, 9.17) is 10.8 Å². The Labute approximate surface area is 244 Å². The number of rotatable bonds is 6. The number of alkyl halides is 3. The second-order valence-electron chi connectivity index (χ2n) is 9.40. The fourth-order valence-electron chi connectivity index (χ4n) is 4.67. The summed E-state index contributed by atoms with van der Waals surface area (Å²) in [5.41, 5.74) is -17.7. The van der Waals surface area contributed by atoms with Gasteiger partial charge in [-0.05, 0) is 18.1 Å². The highest BCUT2D eigenvalue weighted by atomic mass is 19.4. The third-order valence-corrected chi connectivity index (χ3v) is 6.91. The molecule has 46 heavy (non-hydrogen) atoms. The van der Waals surface area contributed by atoms with Crippen molar-refractivity contribution in [1.82, 2.24) is 0 Å². The molecule has 0 radical (unpaired) electrons. The molecule has 1 aliphatic rings. The van der Waals surface area contributed by atoms with Gasteiger partial charge in [-0.1, -0.05) is 0 Å². The minimum atomic E-state index is -6.09. The van der Waals surface area contributed by atoms with E-state index in [0.717, 1.165) is 6.07 Å². The molecule has 3 aromatic carbocycles. The van der Waals surface area contributed by atoms with Crippen LogP contribution in [0.1, 0.15) is 33.7 Å². The van der Waals surface area contributed by atoms with Crippen LogP contribution in [0.15, 0.2) is 11.1 Å². The Kier molecular flexibility index (Phi) is 8.25. The van der Waals surface area contributed by atoms with Gasteiger partial charge >= 0.3 is 6.18 Å². The average Bonchev–Trinajstić information content (AvgIpc) is 3.72. The van der Waals surface area contributed by atoms with Gasteiger partial charge in [-0.3, -0.25) is 5.41 Å². The van der Waals surface area contributed by atoms with Crippen molar-refractivity contribution < 1.29 is 70.2 Å². The Hall–Kier alpha value is -4.89. The van der Waals surface area contributed by atoms with Gasteiger partial charge in [-0.25, -0.2) is 57.1 Å². The number of halogens is 16. The smallest absolute Gasteiger partial charge is 0.303 e. The van der Waals surface area contributed by atoms with Gasteiger partial charge in [-0.15, -0.1) is 0 Å². The van der Waals surface area contributed by atoms with E-state index >= 15 is 0 Å². The summed E-state index contributed by atoms with van der Waals surface area (Å²) in [6.07, 6.45) is -6.09. The first-order valence-corrected chi connectivity index (χ1v) is 11.7. The van der Waals surface area contributed by atoms with Crippen molar-refractivity contribution in [3.05, 3.63) is 115 Å². The van der Waals surface area contributed by atoms with Gasteiger partial charge in [0.15, 0.2) is 69.8 Å². The van der Waals surface area contributed by atoms with Crippen molar-refractivity contribution in [1.29, 1.82) is 16.1 Å².